The SMILES string of the molecule is C[C@H](NC(=O)C(Cc1ccccc1)NC(=O)OCC1c2ccccc2-c2ccccc21)C(=O)N[C@H](CO)Cc1ccccc1.O. The van der Waals surface area contributed by atoms with Crippen LogP contribution in [-0.4, -0.2) is 59.8 Å². The quantitative estimate of drug-likeness (QED) is 0.194. The summed E-state index contributed by atoms with van der Waals surface area (Å²) in [7, 11) is 0. The van der Waals surface area contributed by atoms with Crippen molar-refractivity contribution in [2.24, 2.45) is 0 Å². The molecule has 0 heterocycles. The fourth-order valence-electron chi connectivity index (χ4n) is 5.61. The number of aliphatic hydroxyl groups is 1. The van der Waals surface area contributed by atoms with Gasteiger partial charge in [-0.3, -0.25) is 9.59 Å². The van der Waals surface area contributed by atoms with Crippen LogP contribution < -0.4 is 16.0 Å². The number of ether oxygens (including phenoxy) is 1. The van der Waals surface area contributed by atoms with Gasteiger partial charge in [0.05, 0.1) is 12.6 Å². The van der Waals surface area contributed by atoms with E-state index in [0.717, 1.165) is 33.4 Å². The lowest BCUT2D eigenvalue weighted by molar-refractivity contribution is -0.130. The second kappa shape index (κ2) is 15.7. The summed E-state index contributed by atoms with van der Waals surface area (Å²) in [6, 6.07) is 32.6. The lowest BCUT2D eigenvalue weighted by Crippen LogP contribution is -2.55. The highest BCUT2D eigenvalue weighted by Crippen LogP contribution is 2.44. The van der Waals surface area contributed by atoms with E-state index in [-0.39, 0.29) is 31.0 Å². The lowest BCUT2D eigenvalue weighted by atomic mass is 9.98. The molecule has 0 bridgehead atoms. The van der Waals surface area contributed by atoms with Crippen molar-refractivity contribution in [2.75, 3.05) is 13.2 Å². The number of rotatable bonds is 12. The van der Waals surface area contributed by atoms with Gasteiger partial charge in [-0.15, -0.1) is 0 Å². The highest BCUT2D eigenvalue weighted by molar-refractivity contribution is 5.91. The monoisotopic (exact) mass is 609 g/mol. The Bertz CT molecular complexity index is 1530. The number of alkyl carbamates (subject to hydrolysis) is 1. The molecule has 0 aliphatic heterocycles. The van der Waals surface area contributed by atoms with Crippen LogP contribution >= 0.6 is 0 Å². The van der Waals surface area contributed by atoms with Crippen molar-refractivity contribution >= 4 is 17.9 Å². The third-order valence-electron chi connectivity index (χ3n) is 7.88. The summed E-state index contributed by atoms with van der Waals surface area (Å²) in [6.45, 7) is 1.43. The van der Waals surface area contributed by atoms with Crippen molar-refractivity contribution < 1.29 is 29.7 Å². The molecule has 0 aromatic heterocycles. The van der Waals surface area contributed by atoms with E-state index >= 15 is 0 Å². The highest BCUT2D eigenvalue weighted by Gasteiger charge is 2.30. The molecule has 6 N–H and O–H groups in total. The number of amides is 3. The molecule has 0 spiro atoms. The van der Waals surface area contributed by atoms with Crippen LogP contribution in [0.2, 0.25) is 0 Å². The van der Waals surface area contributed by atoms with Crippen LogP contribution in [0.5, 0.6) is 0 Å². The Kier molecular flexibility index (Phi) is 11.4. The van der Waals surface area contributed by atoms with Crippen LogP contribution in [-0.2, 0) is 27.2 Å². The second-order valence-electron chi connectivity index (χ2n) is 11.0. The molecule has 234 valence electrons. The minimum Gasteiger partial charge on any atom is -0.449 e. The molecule has 0 saturated heterocycles. The highest BCUT2D eigenvalue weighted by atomic mass is 16.5. The van der Waals surface area contributed by atoms with Crippen molar-refractivity contribution in [1.29, 1.82) is 0 Å². The van der Waals surface area contributed by atoms with E-state index < -0.39 is 36.0 Å². The first kappa shape index (κ1) is 32.9. The Hall–Kier alpha value is -4.99. The molecular weight excluding hydrogens is 570 g/mol. The summed E-state index contributed by atoms with van der Waals surface area (Å²) in [6.07, 6.45) is -0.0643. The number of hydrogen-bond donors (Lipinski definition) is 4. The van der Waals surface area contributed by atoms with E-state index in [2.05, 4.69) is 28.1 Å². The predicted molar refractivity (Wildman–Crippen MR) is 173 cm³/mol. The molecule has 4 aromatic carbocycles. The average molecular weight is 610 g/mol. The molecule has 1 unspecified atom stereocenters. The molecule has 0 saturated carbocycles. The van der Waals surface area contributed by atoms with Gasteiger partial charge in [-0.25, -0.2) is 4.79 Å². The van der Waals surface area contributed by atoms with Crippen molar-refractivity contribution in [3.8, 4) is 11.1 Å². The summed E-state index contributed by atoms with van der Waals surface area (Å²) >= 11 is 0. The molecule has 1 aliphatic rings. The molecule has 1 aliphatic carbocycles. The first-order valence-corrected chi connectivity index (χ1v) is 14.8. The first-order chi connectivity index (χ1) is 21.4. The predicted octanol–water partition coefficient (Wildman–Crippen LogP) is 3.54. The summed E-state index contributed by atoms with van der Waals surface area (Å²) in [5.74, 6) is -1.07. The van der Waals surface area contributed by atoms with Crippen LogP contribution in [0.1, 0.15) is 35.1 Å². The van der Waals surface area contributed by atoms with Gasteiger partial charge in [0.1, 0.15) is 18.7 Å². The van der Waals surface area contributed by atoms with Crippen LogP contribution in [0.15, 0.2) is 109 Å². The second-order valence-corrected chi connectivity index (χ2v) is 11.0. The number of carbonyl (C=O) groups is 3. The maximum Gasteiger partial charge on any atom is 0.407 e. The summed E-state index contributed by atoms with van der Waals surface area (Å²) in [5.41, 5.74) is 6.24. The maximum atomic E-state index is 13.4. The Balaban J connectivity index is 0.00000461. The van der Waals surface area contributed by atoms with Gasteiger partial charge in [0, 0.05) is 12.3 Å². The van der Waals surface area contributed by atoms with Crippen molar-refractivity contribution in [3.63, 3.8) is 0 Å². The number of benzene rings is 4. The number of nitrogens with one attached hydrogen (secondary N) is 3. The third kappa shape index (κ3) is 8.35. The van der Waals surface area contributed by atoms with Gasteiger partial charge < -0.3 is 31.3 Å². The minimum atomic E-state index is -0.985. The van der Waals surface area contributed by atoms with Gasteiger partial charge in [0.25, 0.3) is 0 Å². The fourth-order valence-corrected chi connectivity index (χ4v) is 5.61. The van der Waals surface area contributed by atoms with Gasteiger partial charge in [0.2, 0.25) is 11.8 Å². The largest absolute Gasteiger partial charge is 0.449 e. The number of hydrogen-bond acceptors (Lipinski definition) is 5. The standard InChI is InChI=1S/C36H37N3O5.H2O/c1-24(34(41)38-27(22-40)20-25-12-4-2-5-13-25)37-35(42)33(21-26-14-6-3-7-15-26)39-36(43)44-23-32-30-18-10-8-16-28(30)29-17-9-11-19-31(29)32;/h2-19,24,27,32-33,40H,20-23H2,1H3,(H,37,42)(H,38,41)(H,39,43);1H2/t24-,27-,33?;/m0./s1. The summed E-state index contributed by atoms with van der Waals surface area (Å²) in [4.78, 5) is 39.5. The first-order valence-electron chi connectivity index (χ1n) is 14.8. The zero-order valence-corrected chi connectivity index (χ0v) is 25.1. The number of fused-ring (bicyclic) bond motifs is 3. The van der Waals surface area contributed by atoms with Gasteiger partial charge in [-0.1, -0.05) is 109 Å². The molecule has 5 rings (SSSR count). The number of aliphatic hydroxyl groups excluding tert-OH is 1. The van der Waals surface area contributed by atoms with Gasteiger partial charge in [0.15, 0.2) is 0 Å². The van der Waals surface area contributed by atoms with E-state index in [9.17, 15) is 19.5 Å². The molecule has 3 atom stereocenters. The Labute approximate surface area is 262 Å². The maximum absolute atomic E-state index is 13.4. The summed E-state index contributed by atoms with van der Waals surface area (Å²) < 4.78 is 5.70. The van der Waals surface area contributed by atoms with E-state index in [1.54, 1.807) is 6.92 Å². The van der Waals surface area contributed by atoms with E-state index in [1.165, 1.54) is 0 Å². The van der Waals surface area contributed by atoms with E-state index in [4.69, 9.17) is 4.74 Å². The van der Waals surface area contributed by atoms with Crippen LogP contribution in [0.3, 0.4) is 0 Å². The molecule has 9 nitrogen and oxygen atoms in total. The zero-order valence-electron chi connectivity index (χ0n) is 25.1. The van der Waals surface area contributed by atoms with E-state index in [0.29, 0.717) is 6.42 Å². The molecule has 4 aromatic rings. The fraction of sp³-hybridized carbons (Fsp3) is 0.250. The van der Waals surface area contributed by atoms with Crippen molar-refractivity contribution in [1.82, 2.24) is 16.0 Å². The Morgan fingerprint density at radius 1 is 0.689 bits per heavy atom. The van der Waals surface area contributed by atoms with Gasteiger partial charge >= 0.3 is 6.09 Å². The Morgan fingerprint density at radius 2 is 1.20 bits per heavy atom. The topological polar surface area (TPSA) is 148 Å². The van der Waals surface area contributed by atoms with Crippen LogP contribution in [0, 0.1) is 0 Å². The smallest absolute Gasteiger partial charge is 0.407 e. The molecule has 45 heavy (non-hydrogen) atoms. The molecule has 0 radical (unpaired) electrons. The third-order valence-corrected chi connectivity index (χ3v) is 7.88. The average Bonchev–Trinajstić information content (AvgIpc) is 3.37. The normalized spacial score (nSPS) is 13.6. The van der Waals surface area contributed by atoms with E-state index in [1.807, 2.05) is 97.1 Å². The lowest BCUT2D eigenvalue weighted by Gasteiger charge is -2.23. The van der Waals surface area contributed by atoms with Crippen molar-refractivity contribution in [2.45, 2.75) is 43.8 Å². The Morgan fingerprint density at radius 3 is 1.76 bits per heavy atom. The van der Waals surface area contributed by atoms with Crippen LogP contribution in [0.25, 0.3) is 11.1 Å². The molecular formula is C36H39N3O6. The van der Waals surface area contributed by atoms with Gasteiger partial charge in [-0.2, -0.15) is 0 Å². The zero-order chi connectivity index (χ0) is 30.9. The molecule has 0 fully saturated rings. The number of carbonyl (C=O) groups excluding carboxylic acids is 3. The van der Waals surface area contributed by atoms with Crippen molar-refractivity contribution in [3.05, 3.63) is 131 Å². The molecule has 3 amide bonds. The molecule has 9 heteroatoms. The minimum absolute atomic E-state index is 0. The van der Waals surface area contributed by atoms with Crippen LogP contribution in [0.4, 0.5) is 4.79 Å². The summed E-state index contributed by atoms with van der Waals surface area (Å²) in [5, 5.41) is 18.1. The van der Waals surface area contributed by atoms with Gasteiger partial charge in [-0.05, 0) is 46.7 Å².